The van der Waals surface area contributed by atoms with Gasteiger partial charge >= 0.3 is 5.97 Å². The largest absolute Gasteiger partial charge is 0.464 e. The van der Waals surface area contributed by atoms with Gasteiger partial charge in [-0.1, -0.05) is 5.16 Å². The highest BCUT2D eigenvalue weighted by molar-refractivity contribution is 6.44. The first-order valence-electron chi connectivity index (χ1n) is 8.50. The normalized spacial score (nSPS) is 11.3. The number of hydrogen-bond acceptors (Lipinski definition) is 7. The summed E-state index contributed by atoms with van der Waals surface area (Å²) in [6, 6.07) is 0. The molecule has 0 aliphatic rings. The second kappa shape index (κ2) is 8.16. The van der Waals surface area contributed by atoms with E-state index in [4.69, 9.17) is 14.3 Å². The second-order valence-electron chi connectivity index (χ2n) is 6.31. The molecule has 7 nitrogen and oxygen atoms in total. The molecule has 0 fully saturated rings. The summed E-state index contributed by atoms with van der Waals surface area (Å²) in [6.07, 6.45) is 1.45. The minimum atomic E-state index is -0.608. The van der Waals surface area contributed by atoms with Gasteiger partial charge in [-0.2, -0.15) is 0 Å². The van der Waals surface area contributed by atoms with Crippen LogP contribution in [-0.4, -0.2) is 35.9 Å². The molecule has 7 heteroatoms. The number of aryl methyl sites for hydroxylation is 1. The Labute approximate surface area is 159 Å². The van der Waals surface area contributed by atoms with Crippen molar-refractivity contribution in [2.45, 2.75) is 41.5 Å². The number of rotatable bonds is 5. The molecular formula is C20H25N3O4. The number of esters is 1. The van der Waals surface area contributed by atoms with Crippen LogP contribution in [0.15, 0.2) is 11.5 Å². The average Bonchev–Trinajstić information content (AvgIpc) is 2.66. The highest BCUT2D eigenvalue weighted by atomic mass is 16.6. The lowest BCUT2D eigenvalue weighted by atomic mass is 9.91. The van der Waals surface area contributed by atoms with Crippen LogP contribution in [0.1, 0.15) is 39.1 Å². The van der Waals surface area contributed by atoms with Gasteiger partial charge in [0.1, 0.15) is 19.2 Å². The molecule has 1 heterocycles. The maximum Gasteiger partial charge on any atom is 0.360 e. The lowest BCUT2D eigenvalue weighted by Crippen LogP contribution is -2.21. The van der Waals surface area contributed by atoms with Crippen LogP contribution in [0.4, 0.5) is 0 Å². The van der Waals surface area contributed by atoms with Crippen molar-refractivity contribution in [1.29, 1.82) is 0 Å². The number of methoxy groups -OCH3 is 1. The SMILES string of the molecule is CO/N=C(\C(=O)OC)c1c(C)c(C)c(C)c(C)c1Oc1ncnc(C)c1C. The minimum absolute atomic E-state index is 0.0436. The second-order valence-corrected chi connectivity index (χ2v) is 6.31. The molecule has 1 aromatic heterocycles. The monoisotopic (exact) mass is 371 g/mol. The fraction of sp³-hybridized carbons (Fsp3) is 0.400. The third kappa shape index (κ3) is 3.77. The maximum absolute atomic E-state index is 12.4. The Balaban J connectivity index is 2.81. The molecule has 0 saturated heterocycles. The quantitative estimate of drug-likeness (QED) is 0.453. The lowest BCUT2D eigenvalue weighted by molar-refractivity contribution is -0.132. The van der Waals surface area contributed by atoms with E-state index < -0.39 is 5.97 Å². The molecule has 1 aromatic carbocycles. The number of nitrogens with zero attached hydrogens (tertiary/aromatic N) is 3. The number of benzene rings is 1. The van der Waals surface area contributed by atoms with E-state index in [0.29, 0.717) is 17.2 Å². The van der Waals surface area contributed by atoms with Crippen LogP contribution in [0, 0.1) is 41.5 Å². The molecule has 0 bridgehead atoms. The van der Waals surface area contributed by atoms with Gasteiger partial charge in [-0.05, 0) is 63.8 Å². The van der Waals surface area contributed by atoms with Crippen molar-refractivity contribution < 1.29 is 19.1 Å². The average molecular weight is 371 g/mol. The van der Waals surface area contributed by atoms with E-state index in [9.17, 15) is 4.79 Å². The van der Waals surface area contributed by atoms with Crippen LogP contribution >= 0.6 is 0 Å². The predicted octanol–water partition coefficient (Wildman–Crippen LogP) is 3.64. The van der Waals surface area contributed by atoms with Crippen LogP contribution in [0.25, 0.3) is 0 Å². The first-order valence-corrected chi connectivity index (χ1v) is 8.50. The molecule has 0 aliphatic carbocycles. The van der Waals surface area contributed by atoms with E-state index in [1.54, 1.807) is 0 Å². The van der Waals surface area contributed by atoms with Crippen molar-refractivity contribution in [2.24, 2.45) is 5.16 Å². The number of hydrogen-bond donors (Lipinski definition) is 0. The fourth-order valence-electron chi connectivity index (χ4n) is 2.78. The summed E-state index contributed by atoms with van der Waals surface area (Å²) >= 11 is 0. The number of carbonyl (C=O) groups excluding carboxylic acids is 1. The van der Waals surface area contributed by atoms with Gasteiger partial charge in [0, 0.05) is 11.3 Å². The number of aromatic nitrogens is 2. The van der Waals surface area contributed by atoms with E-state index in [2.05, 4.69) is 15.1 Å². The summed E-state index contributed by atoms with van der Waals surface area (Å²) in [6.45, 7) is 11.6. The summed E-state index contributed by atoms with van der Waals surface area (Å²) < 4.78 is 11.1. The third-order valence-electron chi connectivity index (χ3n) is 4.92. The van der Waals surface area contributed by atoms with E-state index in [1.807, 2.05) is 41.5 Å². The van der Waals surface area contributed by atoms with Crippen molar-refractivity contribution in [3.8, 4) is 11.6 Å². The van der Waals surface area contributed by atoms with Crippen LogP contribution in [0.5, 0.6) is 11.6 Å². The highest BCUT2D eigenvalue weighted by Gasteiger charge is 2.27. The molecule has 2 rings (SSSR count). The molecule has 0 N–H and O–H groups in total. The van der Waals surface area contributed by atoms with Crippen LogP contribution in [-0.2, 0) is 14.4 Å². The van der Waals surface area contributed by atoms with Crippen LogP contribution < -0.4 is 4.74 Å². The van der Waals surface area contributed by atoms with Gasteiger partial charge in [-0.25, -0.2) is 14.8 Å². The molecule has 0 radical (unpaired) electrons. The van der Waals surface area contributed by atoms with Gasteiger partial charge < -0.3 is 14.3 Å². The zero-order valence-corrected chi connectivity index (χ0v) is 17.1. The smallest absolute Gasteiger partial charge is 0.360 e. The van der Waals surface area contributed by atoms with Gasteiger partial charge in [0.15, 0.2) is 5.71 Å². The Hall–Kier alpha value is -2.96. The van der Waals surface area contributed by atoms with E-state index >= 15 is 0 Å². The molecule has 0 amide bonds. The molecule has 0 spiro atoms. The summed E-state index contributed by atoms with van der Waals surface area (Å²) in [5.41, 5.74) is 6.06. The minimum Gasteiger partial charge on any atom is -0.464 e. The highest BCUT2D eigenvalue weighted by Crippen LogP contribution is 2.37. The standard InChI is InChI=1S/C20H25N3O4/c1-10-11(2)13(4)18(27-19-14(5)15(6)21-9-22-19)16(12(10)3)17(23-26-8)20(24)25-7/h9H,1-8H3/b23-17-. The first-order chi connectivity index (χ1) is 12.7. The molecule has 0 aliphatic heterocycles. The molecule has 0 saturated carbocycles. The first kappa shape index (κ1) is 20.4. The molecule has 27 heavy (non-hydrogen) atoms. The Morgan fingerprint density at radius 1 is 0.889 bits per heavy atom. The van der Waals surface area contributed by atoms with Crippen LogP contribution in [0.2, 0.25) is 0 Å². The predicted molar refractivity (Wildman–Crippen MR) is 103 cm³/mol. The number of carbonyl (C=O) groups is 1. The van der Waals surface area contributed by atoms with Gasteiger partial charge in [-0.15, -0.1) is 0 Å². The fourth-order valence-corrected chi connectivity index (χ4v) is 2.78. The Kier molecular flexibility index (Phi) is 6.15. The molecule has 2 aromatic rings. The van der Waals surface area contributed by atoms with Gasteiger partial charge in [-0.3, -0.25) is 0 Å². The van der Waals surface area contributed by atoms with Gasteiger partial charge in [0.2, 0.25) is 5.88 Å². The zero-order valence-electron chi connectivity index (χ0n) is 17.1. The van der Waals surface area contributed by atoms with E-state index in [-0.39, 0.29) is 5.71 Å². The Morgan fingerprint density at radius 3 is 2.11 bits per heavy atom. The van der Waals surface area contributed by atoms with Gasteiger partial charge in [0.05, 0.1) is 12.7 Å². The summed E-state index contributed by atoms with van der Waals surface area (Å²) in [4.78, 5) is 25.7. The van der Waals surface area contributed by atoms with Crippen molar-refractivity contribution in [1.82, 2.24) is 9.97 Å². The summed E-state index contributed by atoms with van der Waals surface area (Å²) in [7, 11) is 2.68. The van der Waals surface area contributed by atoms with Crippen molar-refractivity contribution in [2.75, 3.05) is 14.2 Å². The molecule has 0 atom stereocenters. The third-order valence-corrected chi connectivity index (χ3v) is 4.92. The summed E-state index contributed by atoms with van der Waals surface area (Å²) in [5.74, 6) is 0.317. The maximum atomic E-state index is 12.4. The molecular weight excluding hydrogens is 346 g/mol. The topological polar surface area (TPSA) is 82.9 Å². The molecule has 0 unspecified atom stereocenters. The number of ether oxygens (including phenoxy) is 2. The van der Waals surface area contributed by atoms with Crippen molar-refractivity contribution in [3.05, 3.63) is 45.4 Å². The Morgan fingerprint density at radius 2 is 1.52 bits per heavy atom. The summed E-state index contributed by atoms with van der Waals surface area (Å²) in [5, 5.41) is 3.91. The zero-order chi connectivity index (χ0) is 20.3. The lowest BCUT2D eigenvalue weighted by Gasteiger charge is -2.21. The van der Waals surface area contributed by atoms with Crippen molar-refractivity contribution >= 4 is 11.7 Å². The van der Waals surface area contributed by atoms with E-state index in [1.165, 1.54) is 20.5 Å². The molecule has 144 valence electrons. The van der Waals surface area contributed by atoms with E-state index in [0.717, 1.165) is 33.5 Å². The van der Waals surface area contributed by atoms with Crippen LogP contribution in [0.3, 0.4) is 0 Å². The number of oxime groups is 1. The Bertz CT molecular complexity index is 920. The van der Waals surface area contributed by atoms with Crippen molar-refractivity contribution in [3.63, 3.8) is 0 Å². The van der Waals surface area contributed by atoms with Gasteiger partial charge in [0.25, 0.3) is 0 Å².